The van der Waals surface area contributed by atoms with Crippen LogP contribution in [-0.2, 0) is 6.54 Å². The van der Waals surface area contributed by atoms with E-state index >= 15 is 0 Å². The molecule has 1 N–H and O–H groups in total. The van der Waals surface area contributed by atoms with Gasteiger partial charge in [0, 0.05) is 28.6 Å². The molecule has 0 amide bonds. The van der Waals surface area contributed by atoms with Gasteiger partial charge in [-0.25, -0.2) is 0 Å². The Morgan fingerprint density at radius 2 is 2.00 bits per heavy atom. The van der Waals surface area contributed by atoms with Crippen LogP contribution in [0.15, 0.2) is 21.1 Å². The van der Waals surface area contributed by atoms with E-state index in [0.717, 1.165) is 43.9 Å². The van der Waals surface area contributed by atoms with Crippen molar-refractivity contribution in [3.8, 4) is 0 Å². The zero-order valence-electron chi connectivity index (χ0n) is 11.5. The van der Waals surface area contributed by atoms with E-state index in [0.29, 0.717) is 0 Å². The van der Waals surface area contributed by atoms with E-state index in [9.17, 15) is 0 Å². The summed E-state index contributed by atoms with van der Waals surface area (Å²) in [5.74, 6) is 0. The number of likely N-dealkylation sites (N-methyl/N-ethyl adjacent to an activating group) is 1. The third-order valence-corrected chi connectivity index (χ3v) is 4.68. The highest BCUT2D eigenvalue weighted by molar-refractivity contribution is 9.11. The Kier molecular flexibility index (Phi) is 5.69. The highest BCUT2D eigenvalue weighted by Crippen LogP contribution is 2.35. The molecule has 1 aliphatic heterocycles. The van der Waals surface area contributed by atoms with Gasteiger partial charge in [-0.15, -0.1) is 0 Å². The van der Waals surface area contributed by atoms with Crippen LogP contribution in [0, 0.1) is 0 Å². The Bertz CT molecular complexity index is 433. The Morgan fingerprint density at radius 1 is 1.26 bits per heavy atom. The maximum Gasteiger partial charge on any atom is 0.0685 e. The average Bonchev–Trinajstić information content (AvgIpc) is 2.39. The molecular weight excluding hydrogens is 370 g/mol. The average molecular weight is 391 g/mol. The molecular formula is C14H21Br2N3. The van der Waals surface area contributed by atoms with Crippen molar-refractivity contribution in [2.75, 3.05) is 37.7 Å². The van der Waals surface area contributed by atoms with Crippen molar-refractivity contribution < 1.29 is 0 Å². The van der Waals surface area contributed by atoms with Gasteiger partial charge in [0.05, 0.1) is 12.4 Å². The van der Waals surface area contributed by atoms with Gasteiger partial charge in [-0.1, -0.05) is 29.8 Å². The molecule has 0 spiro atoms. The zero-order valence-corrected chi connectivity index (χ0v) is 14.7. The molecule has 0 saturated heterocycles. The highest BCUT2D eigenvalue weighted by Gasteiger charge is 2.20. The SMILES string of the molecule is CCN(CC)CCN1CNCc2cc(Br)cc(Br)c21. The van der Waals surface area contributed by atoms with Crippen molar-refractivity contribution in [3.63, 3.8) is 0 Å². The van der Waals surface area contributed by atoms with Crippen molar-refractivity contribution in [3.05, 3.63) is 26.6 Å². The second kappa shape index (κ2) is 7.07. The van der Waals surface area contributed by atoms with Crippen molar-refractivity contribution in [1.29, 1.82) is 0 Å². The Hall–Kier alpha value is -0.100. The minimum absolute atomic E-state index is 0.925. The van der Waals surface area contributed by atoms with Gasteiger partial charge >= 0.3 is 0 Å². The first-order chi connectivity index (χ1) is 9.15. The molecule has 0 fully saturated rings. The fraction of sp³-hybridized carbons (Fsp3) is 0.571. The van der Waals surface area contributed by atoms with Crippen LogP contribution >= 0.6 is 31.9 Å². The number of benzene rings is 1. The third kappa shape index (κ3) is 3.72. The van der Waals surface area contributed by atoms with Gasteiger partial charge in [0.1, 0.15) is 0 Å². The summed E-state index contributed by atoms with van der Waals surface area (Å²) in [5, 5.41) is 3.47. The van der Waals surface area contributed by atoms with Crippen molar-refractivity contribution in [1.82, 2.24) is 10.2 Å². The first-order valence-electron chi connectivity index (χ1n) is 6.81. The van der Waals surface area contributed by atoms with Gasteiger partial charge in [0.2, 0.25) is 0 Å². The molecule has 0 saturated carbocycles. The predicted molar refractivity (Wildman–Crippen MR) is 88.7 cm³/mol. The minimum atomic E-state index is 0.925. The molecule has 0 bridgehead atoms. The van der Waals surface area contributed by atoms with Crippen LogP contribution in [0.3, 0.4) is 0 Å². The summed E-state index contributed by atoms with van der Waals surface area (Å²) in [4.78, 5) is 4.88. The van der Waals surface area contributed by atoms with E-state index in [1.54, 1.807) is 0 Å². The number of rotatable bonds is 5. The summed E-state index contributed by atoms with van der Waals surface area (Å²) in [6.07, 6.45) is 0. The Morgan fingerprint density at radius 3 is 2.68 bits per heavy atom. The second-order valence-corrected chi connectivity index (χ2v) is 6.54. The minimum Gasteiger partial charge on any atom is -0.356 e. The quantitative estimate of drug-likeness (QED) is 0.830. The van der Waals surface area contributed by atoms with E-state index in [1.165, 1.54) is 15.7 Å². The first kappa shape index (κ1) is 15.3. The molecule has 1 aromatic carbocycles. The van der Waals surface area contributed by atoms with Gasteiger partial charge < -0.3 is 9.80 Å². The highest BCUT2D eigenvalue weighted by atomic mass is 79.9. The number of halogens is 2. The molecule has 0 unspecified atom stereocenters. The van der Waals surface area contributed by atoms with Crippen LogP contribution in [0.5, 0.6) is 0 Å². The predicted octanol–water partition coefficient (Wildman–Crippen LogP) is 3.42. The molecule has 106 valence electrons. The maximum atomic E-state index is 3.70. The van der Waals surface area contributed by atoms with Crippen LogP contribution in [0.1, 0.15) is 19.4 Å². The van der Waals surface area contributed by atoms with Crippen molar-refractivity contribution >= 4 is 37.5 Å². The van der Waals surface area contributed by atoms with Gasteiger partial charge in [-0.3, -0.25) is 5.32 Å². The fourth-order valence-corrected chi connectivity index (χ4v) is 4.07. The lowest BCUT2D eigenvalue weighted by atomic mass is 10.1. The standard InChI is InChI=1S/C14H21Br2N3/c1-3-18(4-2)5-6-19-10-17-9-11-7-12(15)8-13(16)14(11)19/h7-8,17H,3-6,9-10H2,1-2H3. The third-order valence-electron chi connectivity index (χ3n) is 3.62. The molecule has 0 radical (unpaired) electrons. The molecule has 0 aromatic heterocycles. The molecule has 0 atom stereocenters. The lowest BCUT2D eigenvalue weighted by molar-refractivity contribution is 0.307. The molecule has 1 heterocycles. The summed E-state index contributed by atoms with van der Waals surface area (Å²) in [6.45, 7) is 10.7. The van der Waals surface area contributed by atoms with Gasteiger partial charge in [0.15, 0.2) is 0 Å². The normalized spacial score (nSPS) is 14.9. The van der Waals surface area contributed by atoms with Gasteiger partial charge in [-0.05, 0) is 46.7 Å². The number of nitrogens with zero attached hydrogens (tertiary/aromatic N) is 2. The molecule has 5 heteroatoms. The number of hydrogen-bond donors (Lipinski definition) is 1. The van der Waals surface area contributed by atoms with E-state index in [1.807, 2.05) is 0 Å². The van der Waals surface area contributed by atoms with E-state index < -0.39 is 0 Å². The molecule has 2 rings (SSSR count). The van der Waals surface area contributed by atoms with Crippen LogP contribution in [0.2, 0.25) is 0 Å². The van der Waals surface area contributed by atoms with Crippen molar-refractivity contribution in [2.45, 2.75) is 20.4 Å². The van der Waals surface area contributed by atoms with Gasteiger partial charge in [-0.2, -0.15) is 0 Å². The molecule has 19 heavy (non-hydrogen) atoms. The number of fused-ring (bicyclic) bond motifs is 1. The summed E-state index contributed by atoms with van der Waals surface area (Å²) in [7, 11) is 0. The van der Waals surface area contributed by atoms with E-state index in [2.05, 4.69) is 73.0 Å². The summed E-state index contributed by atoms with van der Waals surface area (Å²) in [5.41, 5.74) is 2.70. The monoisotopic (exact) mass is 389 g/mol. The van der Waals surface area contributed by atoms with Crippen LogP contribution in [0.4, 0.5) is 5.69 Å². The molecule has 0 aliphatic carbocycles. The number of nitrogens with one attached hydrogen (secondary N) is 1. The summed E-state index contributed by atoms with van der Waals surface area (Å²) >= 11 is 7.26. The summed E-state index contributed by atoms with van der Waals surface area (Å²) < 4.78 is 2.31. The summed E-state index contributed by atoms with van der Waals surface area (Å²) in [6, 6.07) is 4.34. The number of anilines is 1. The maximum absolute atomic E-state index is 3.70. The Balaban J connectivity index is 2.13. The molecule has 1 aromatic rings. The van der Waals surface area contributed by atoms with Crippen LogP contribution < -0.4 is 10.2 Å². The Labute approximate surface area is 132 Å². The van der Waals surface area contributed by atoms with E-state index in [-0.39, 0.29) is 0 Å². The first-order valence-corrected chi connectivity index (χ1v) is 8.40. The smallest absolute Gasteiger partial charge is 0.0685 e. The molecule has 3 nitrogen and oxygen atoms in total. The van der Waals surface area contributed by atoms with Crippen LogP contribution in [0.25, 0.3) is 0 Å². The zero-order chi connectivity index (χ0) is 13.8. The number of hydrogen-bond acceptors (Lipinski definition) is 3. The fourth-order valence-electron chi connectivity index (χ4n) is 2.51. The van der Waals surface area contributed by atoms with E-state index in [4.69, 9.17) is 0 Å². The second-order valence-electron chi connectivity index (χ2n) is 4.77. The van der Waals surface area contributed by atoms with Gasteiger partial charge in [0.25, 0.3) is 0 Å². The van der Waals surface area contributed by atoms with Crippen molar-refractivity contribution in [2.24, 2.45) is 0 Å². The van der Waals surface area contributed by atoms with Crippen LogP contribution in [-0.4, -0.2) is 37.7 Å². The molecule has 1 aliphatic rings. The lowest BCUT2D eigenvalue weighted by Crippen LogP contribution is -2.43. The largest absolute Gasteiger partial charge is 0.356 e. The lowest BCUT2D eigenvalue weighted by Gasteiger charge is -2.34. The topological polar surface area (TPSA) is 18.5 Å².